The molecule has 1 saturated heterocycles. The van der Waals surface area contributed by atoms with Crippen molar-refractivity contribution >= 4 is 5.91 Å². The largest absolute Gasteiger partial charge is 0.504 e. The number of carbonyl (C=O) groups is 1. The van der Waals surface area contributed by atoms with Gasteiger partial charge >= 0.3 is 0 Å². The molecule has 1 heterocycles. The average molecular weight is 308 g/mol. The molecule has 0 bridgehead atoms. The number of carbonyl (C=O) groups excluding carboxylic acids is 1. The van der Waals surface area contributed by atoms with Crippen molar-refractivity contribution in [1.82, 2.24) is 10.2 Å². The number of amides is 1. The van der Waals surface area contributed by atoms with Crippen LogP contribution >= 0.6 is 0 Å². The molecular formula is C16H24N2O4. The molecule has 0 spiro atoms. The summed E-state index contributed by atoms with van der Waals surface area (Å²) in [5.41, 5.74) is 0.228. The number of phenols is 1. The lowest BCUT2D eigenvalue weighted by atomic mass is 10.1. The molecule has 1 aromatic rings. The summed E-state index contributed by atoms with van der Waals surface area (Å²) in [7, 11) is 2.90. The van der Waals surface area contributed by atoms with Crippen molar-refractivity contribution in [3.63, 3.8) is 0 Å². The minimum atomic E-state index is -0.299. The van der Waals surface area contributed by atoms with Gasteiger partial charge in [0, 0.05) is 12.6 Å². The summed E-state index contributed by atoms with van der Waals surface area (Å²) in [6.45, 7) is 4.77. The molecule has 1 fully saturated rings. The third-order valence-corrected chi connectivity index (χ3v) is 4.15. The van der Waals surface area contributed by atoms with E-state index in [-0.39, 0.29) is 23.0 Å². The Hall–Kier alpha value is -1.95. The number of nitrogens with zero attached hydrogens (tertiary/aromatic N) is 1. The number of hydrogen-bond donors (Lipinski definition) is 2. The third kappa shape index (κ3) is 3.27. The Balaban J connectivity index is 2.13. The van der Waals surface area contributed by atoms with Crippen molar-refractivity contribution in [2.75, 3.05) is 33.9 Å². The average Bonchev–Trinajstić information content (AvgIpc) is 2.99. The fourth-order valence-corrected chi connectivity index (χ4v) is 2.99. The Bertz CT molecular complexity index is 533. The van der Waals surface area contributed by atoms with Crippen LogP contribution < -0.4 is 14.8 Å². The van der Waals surface area contributed by atoms with Crippen LogP contribution in [0, 0.1) is 0 Å². The molecule has 1 aliphatic rings. The van der Waals surface area contributed by atoms with Gasteiger partial charge in [-0.25, -0.2) is 0 Å². The molecule has 0 aromatic heterocycles. The zero-order valence-corrected chi connectivity index (χ0v) is 13.4. The van der Waals surface area contributed by atoms with Crippen molar-refractivity contribution < 1.29 is 19.4 Å². The summed E-state index contributed by atoms with van der Waals surface area (Å²) in [5.74, 6) is 0.138. The number of rotatable bonds is 6. The number of hydrogen-bond acceptors (Lipinski definition) is 5. The van der Waals surface area contributed by atoms with Crippen molar-refractivity contribution in [2.45, 2.75) is 25.8 Å². The molecule has 6 nitrogen and oxygen atoms in total. The van der Waals surface area contributed by atoms with Gasteiger partial charge in [-0.3, -0.25) is 9.69 Å². The SMILES string of the molecule is CCN1CCC[C@H]1CNC(=O)c1c(OC)ccc(O)c1OC. The molecule has 122 valence electrons. The van der Waals surface area contributed by atoms with Gasteiger partial charge in [-0.05, 0) is 38.1 Å². The monoisotopic (exact) mass is 308 g/mol. The van der Waals surface area contributed by atoms with Crippen molar-refractivity contribution in [3.05, 3.63) is 17.7 Å². The van der Waals surface area contributed by atoms with E-state index in [1.807, 2.05) is 0 Å². The second kappa shape index (κ2) is 7.35. The van der Waals surface area contributed by atoms with Gasteiger partial charge in [0.1, 0.15) is 11.3 Å². The highest BCUT2D eigenvalue weighted by Crippen LogP contribution is 2.36. The van der Waals surface area contributed by atoms with Crippen LogP contribution in [-0.2, 0) is 0 Å². The molecular weight excluding hydrogens is 284 g/mol. The Morgan fingerprint density at radius 1 is 1.41 bits per heavy atom. The number of likely N-dealkylation sites (tertiary alicyclic amines) is 1. The first kappa shape index (κ1) is 16.4. The van der Waals surface area contributed by atoms with Crippen LogP contribution in [0.25, 0.3) is 0 Å². The minimum absolute atomic E-state index is 0.0792. The van der Waals surface area contributed by atoms with E-state index in [1.54, 1.807) is 6.07 Å². The van der Waals surface area contributed by atoms with E-state index in [0.29, 0.717) is 18.3 Å². The predicted molar refractivity (Wildman–Crippen MR) is 83.8 cm³/mol. The number of ether oxygens (including phenoxy) is 2. The molecule has 1 amide bonds. The van der Waals surface area contributed by atoms with Gasteiger partial charge in [0.25, 0.3) is 5.91 Å². The number of methoxy groups -OCH3 is 2. The molecule has 6 heteroatoms. The summed E-state index contributed by atoms with van der Waals surface area (Å²) in [4.78, 5) is 14.9. The Morgan fingerprint density at radius 2 is 2.18 bits per heavy atom. The van der Waals surface area contributed by atoms with E-state index in [9.17, 15) is 9.90 Å². The van der Waals surface area contributed by atoms with Crippen LogP contribution in [-0.4, -0.2) is 55.8 Å². The number of benzene rings is 1. The number of phenolic OH excluding ortho intramolecular Hbond substituents is 1. The molecule has 2 N–H and O–H groups in total. The Labute approximate surface area is 131 Å². The lowest BCUT2D eigenvalue weighted by molar-refractivity contribution is 0.0934. The number of likely N-dealkylation sites (N-methyl/N-ethyl adjacent to an activating group) is 1. The predicted octanol–water partition coefficient (Wildman–Crippen LogP) is 1.62. The summed E-state index contributed by atoms with van der Waals surface area (Å²) < 4.78 is 10.4. The topological polar surface area (TPSA) is 71.0 Å². The molecule has 0 saturated carbocycles. The van der Waals surface area contributed by atoms with Crippen LogP contribution in [0.1, 0.15) is 30.1 Å². The number of aromatic hydroxyl groups is 1. The maximum absolute atomic E-state index is 12.5. The van der Waals surface area contributed by atoms with Gasteiger partial charge in [0.05, 0.1) is 14.2 Å². The van der Waals surface area contributed by atoms with Gasteiger partial charge in [-0.15, -0.1) is 0 Å². The van der Waals surface area contributed by atoms with Gasteiger partial charge in [0.15, 0.2) is 11.5 Å². The summed E-state index contributed by atoms with van der Waals surface area (Å²) >= 11 is 0. The molecule has 1 aliphatic heterocycles. The second-order valence-electron chi connectivity index (χ2n) is 5.33. The first-order valence-corrected chi connectivity index (χ1v) is 7.58. The standard InChI is InChI=1S/C16H24N2O4/c1-4-18-9-5-6-11(18)10-17-16(20)14-13(21-2)8-7-12(19)15(14)22-3/h7-8,11,19H,4-6,9-10H2,1-3H3,(H,17,20)/t11-/m0/s1. The van der Waals surface area contributed by atoms with Gasteiger partial charge < -0.3 is 19.9 Å². The molecule has 1 aromatic carbocycles. The first-order chi connectivity index (χ1) is 10.6. The van der Waals surface area contributed by atoms with E-state index in [2.05, 4.69) is 17.1 Å². The van der Waals surface area contributed by atoms with E-state index in [1.165, 1.54) is 20.3 Å². The molecule has 22 heavy (non-hydrogen) atoms. The maximum Gasteiger partial charge on any atom is 0.259 e. The summed E-state index contributed by atoms with van der Waals surface area (Å²) in [6.07, 6.45) is 2.25. The smallest absolute Gasteiger partial charge is 0.259 e. The highest BCUT2D eigenvalue weighted by atomic mass is 16.5. The van der Waals surface area contributed by atoms with E-state index in [0.717, 1.165) is 25.9 Å². The minimum Gasteiger partial charge on any atom is -0.504 e. The van der Waals surface area contributed by atoms with Crippen molar-refractivity contribution in [2.24, 2.45) is 0 Å². The highest BCUT2D eigenvalue weighted by molar-refractivity contribution is 6.00. The zero-order chi connectivity index (χ0) is 16.1. The molecule has 0 radical (unpaired) electrons. The normalized spacial score (nSPS) is 18.2. The Kier molecular flexibility index (Phi) is 5.49. The molecule has 0 aliphatic carbocycles. The summed E-state index contributed by atoms with van der Waals surface area (Å²) in [6, 6.07) is 3.37. The molecule has 0 unspecified atom stereocenters. The van der Waals surface area contributed by atoms with Gasteiger partial charge in [0.2, 0.25) is 0 Å². The molecule has 1 atom stereocenters. The number of nitrogens with one attached hydrogen (secondary N) is 1. The van der Waals surface area contributed by atoms with Crippen LogP contribution in [0.3, 0.4) is 0 Å². The van der Waals surface area contributed by atoms with Crippen LogP contribution in [0.5, 0.6) is 17.2 Å². The van der Waals surface area contributed by atoms with Gasteiger partial charge in [-0.1, -0.05) is 6.92 Å². The second-order valence-corrected chi connectivity index (χ2v) is 5.33. The lowest BCUT2D eigenvalue weighted by Gasteiger charge is -2.23. The van der Waals surface area contributed by atoms with Crippen molar-refractivity contribution in [1.29, 1.82) is 0 Å². The van der Waals surface area contributed by atoms with Crippen LogP contribution in [0.2, 0.25) is 0 Å². The quantitative estimate of drug-likeness (QED) is 0.836. The van der Waals surface area contributed by atoms with Gasteiger partial charge in [-0.2, -0.15) is 0 Å². The van der Waals surface area contributed by atoms with E-state index >= 15 is 0 Å². The fraction of sp³-hybridized carbons (Fsp3) is 0.562. The van der Waals surface area contributed by atoms with Crippen LogP contribution in [0.4, 0.5) is 0 Å². The summed E-state index contributed by atoms with van der Waals surface area (Å²) in [5, 5.41) is 12.8. The first-order valence-electron chi connectivity index (χ1n) is 7.58. The van der Waals surface area contributed by atoms with E-state index < -0.39 is 0 Å². The fourth-order valence-electron chi connectivity index (χ4n) is 2.99. The Morgan fingerprint density at radius 3 is 2.82 bits per heavy atom. The third-order valence-electron chi connectivity index (χ3n) is 4.15. The highest BCUT2D eigenvalue weighted by Gasteiger charge is 2.26. The van der Waals surface area contributed by atoms with E-state index in [4.69, 9.17) is 9.47 Å². The zero-order valence-electron chi connectivity index (χ0n) is 13.4. The maximum atomic E-state index is 12.5. The van der Waals surface area contributed by atoms with Crippen molar-refractivity contribution in [3.8, 4) is 17.2 Å². The lowest BCUT2D eigenvalue weighted by Crippen LogP contribution is -2.40. The van der Waals surface area contributed by atoms with Crippen LogP contribution in [0.15, 0.2) is 12.1 Å². The molecule has 2 rings (SSSR count).